The highest BCUT2D eigenvalue weighted by atomic mass is 19.1. The fourth-order valence-corrected chi connectivity index (χ4v) is 6.77. The number of fused-ring (bicyclic) bond motifs is 1. The van der Waals surface area contributed by atoms with E-state index in [2.05, 4.69) is 42.2 Å². The molecule has 0 radical (unpaired) electrons. The average molecular weight is 630 g/mol. The van der Waals surface area contributed by atoms with Crippen LogP contribution in [0.1, 0.15) is 68.2 Å². The molecule has 3 saturated heterocycles. The Hall–Kier alpha value is -3.59. The number of halogens is 1. The smallest absolute Gasteiger partial charge is 0.200 e. The lowest BCUT2D eigenvalue weighted by Gasteiger charge is -2.37. The summed E-state index contributed by atoms with van der Waals surface area (Å²) in [6.07, 6.45) is 5.19. The molecule has 8 heteroatoms. The van der Waals surface area contributed by atoms with Gasteiger partial charge in [-0.15, -0.1) is 0 Å². The summed E-state index contributed by atoms with van der Waals surface area (Å²) in [5, 5.41) is 0. The third kappa shape index (κ3) is 7.04. The van der Waals surface area contributed by atoms with E-state index in [0.717, 1.165) is 110 Å². The molecular weight excluding hydrogens is 585 g/mol. The SMILES string of the molecule is CC1=C(c2cccc(OC3CCCCO3)c2)C(c2ccc(OCCN3CC(CF)C3)cc2)Oc2c(OC3CCCCO3)cccc21. The fraction of sp³-hybridized carbons (Fsp3) is 0.474. The maximum atomic E-state index is 12.8. The Morgan fingerprint density at radius 3 is 2.28 bits per heavy atom. The Morgan fingerprint density at radius 1 is 0.826 bits per heavy atom. The summed E-state index contributed by atoms with van der Waals surface area (Å²) in [7, 11) is 0. The zero-order valence-corrected chi connectivity index (χ0v) is 26.6. The lowest BCUT2D eigenvalue weighted by molar-refractivity contribution is -0.107. The second-order valence-corrected chi connectivity index (χ2v) is 12.7. The highest BCUT2D eigenvalue weighted by Crippen LogP contribution is 2.50. The van der Waals surface area contributed by atoms with E-state index in [1.54, 1.807) is 0 Å². The molecule has 3 atom stereocenters. The van der Waals surface area contributed by atoms with Crippen molar-refractivity contribution in [2.75, 3.05) is 46.1 Å². The van der Waals surface area contributed by atoms with E-state index in [-0.39, 0.29) is 25.2 Å². The number of para-hydroxylation sites is 1. The highest BCUT2D eigenvalue weighted by Gasteiger charge is 2.33. The molecule has 3 aromatic carbocycles. The molecule has 3 fully saturated rings. The van der Waals surface area contributed by atoms with E-state index in [1.165, 1.54) is 0 Å². The molecule has 4 aliphatic rings. The minimum atomic E-state index is -0.390. The van der Waals surface area contributed by atoms with Crippen LogP contribution in [0.3, 0.4) is 0 Å². The predicted octanol–water partition coefficient (Wildman–Crippen LogP) is 7.84. The Bertz CT molecular complexity index is 1490. The molecule has 4 aliphatic heterocycles. The standard InChI is InChI=1S/C38H44FNO6/c1-26-32-10-7-11-33(45-35-13-3-5-20-43-35)38(32)46-37(28-14-16-30(17-15-28)41-21-18-40-24-27(23-39)25-40)36(26)29-8-6-9-31(22-29)44-34-12-2-4-19-42-34/h6-11,14-17,22,27,34-35,37H,2-5,12-13,18-21,23-25H2,1H3. The van der Waals surface area contributed by atoms with Gasteiger partial charge in [0.05, 0.1) is 19.9 Å². The third-order valence-corrected chi connectivity index (χ3v) is 9.34. The van der Waals surface area contributed by atoms with Crippen LogP contribution in [0.2, 0.25) is 0 Å². The quantitative estimate of drug-likeness (QED) is 0.214. The van der Waals surface area contributed by atoms with Crippen molar-refractivity contribution in [3.05, 3.63) is 83.4 Å². The molecule has 0 aromatic heterocycles. The molecule has 0 saturated carbocycles. The molecule has 4 heterocycles. The van der Waals surface area contributed by atoms with E-state index in [0.29, 0.717) is 19.0 Å². The second kappa shape index (κ2) is 14.4. The van der Waals surface area contributed by atoms with Crippen LogP contribution >= 0.6 is 0 Å². The van der Waals surface area contributed by atoms with Gasteiger partial charge in [0.1, 0.15) is 24.2 Å². The highest BCUT2D eigenvalue weighted by molar-refractivity contribution is 5.96. The molecule has 3 aromatic rings. The Labute approximate surface area is 271 Å². The Balaban J connectivity index is 1.17. The molecule has 0 aliphatic carbocycles. The maximum Gasteiger partial charge on any atom is 0.200 e. The van der Waals surface area contributed by atoms with E-state index in [1.807, 2.05) is 36.4 Å². The van der Waals surface area contributed by atoms with Gasteiger partial charge >= 0.3 is 0 Å². The van der Waals surface area contributed by atoms with Crippen molar-refractivity contribution in [1.82, 2.24) is 4.90 Å². The number of benzene rings is 3. The number of allylic oxidation sites excluding steroid dienone is 1. The van der Waals surface area contributed by atoms with Gasteiger partial charge in [-0.1, -0.05) is 36.4 Å². The number of ether oxygens (including phenoxy) is 6. The van der Waals surface area contributed by atoms with Crippen molar-refractivity contribution in [3.63, 3.8) is 0 Å². The van der Waals surface area contributed by atoms with Crippen molar-refractivity contribution in [2.24, 2.45) is 5.92 Å². The van der Waals surface area contributed by atoms with Gasteiger partial charge in [-0.3, -0.25) is 9.29 Å². The average Bonchev–Trinajstić information content (AvgIpc) is 3.07. The molecular formula is C38H44FNO6. The van der Waals surface area contributed by atoms with Crippen molar-refractivity contribution in [2.45, 2.75) is 64.1 Å². The first-order valence-electron chi connectivity index (χ1n) is 16.8. The van der Waals surface area contributed by atoms with Gasteiger partial charge in [0.15, 0.2) is 24.1 Å². The Morgan fingerprint density at radius 2 is 1.57 bits per heavy atom. The van der Waals surface area contributed by atoms with E-state index in [4.69, 9.17) is 28.4 Å². The van der Waals surface area contributed by atoms with Crippen LogP contribution in [0.15, 0.2) is 66.7 Å². The summed E-state index contributed by atoms with van der Waals surface area (Å²) < 4.78 is 50.2. The first kappa shape index (κ1) is 31.0. The van der Waals surface area contributed by atoms with Gasteiger partial charge in [0.2, 0.25) is 0 Å². The second-order valence-electron chi connectivity index (χ2n) is 12.7. The number of nitrogens with zero attached hydrogens (tertiary/aromatic N) is 1. The lowest BCUT2D eigenvalue weighted by Crippen LogP contribution is -2.49. The monoisotopic (exact) mass is 629 g/mol. The van der Waals surface area contributed by atoms with Gasteiger partial charge in [-0.05, 0) is 79.6 Å². The van der Waals surface area contributed by atoms with Crippen molar-refractivity contribution in [3.8, 4) is 23.0 Å². The molecule has 3 unspecified atom stereocenters. The zero-order chi connectivity index (χ0) is 31.3. The van der Waals surface area contributed by atoms with Crippen molar-refractivity contribution in [1.29, 1.82) is 0 Å². The Kier molecular flexibility index (Phi) is 9.75. The summed E-state index contributed by atoms with van der Waals surface area (Å²) in [5.41, 5.74) is 5.23. The van der Waals surface area contributed by atoms with Crippen LogP contribution in [-0.2, 0) is 9.47 Å². The zero-order valence-electron chi connectivity index (χ0n) is 26.6. The number of alkyl halides is 1. The maximum absolute atomic E-state index is 12.8. The van der Waals surface area contributed by atoms with Crippen molar-refractivity contribution < 1.29 is 32.8 Å². The van der Waals surface area contributed by atoms with Crippen LogP contribution in [-0.4, -0.2) is 63.6 Å². The molecule has 46 heavy (non-hydrogen) atoms. The van der Waals surface area contributed by atoms with Crippen LogP contribution in [0.5, 0.6) is 23.0 Å². The fourth-order valence-electron chi connectivity index (χ4n) is 6.77. The largest absolute Gasteiger partial charge is 0.492 e. The van der Waals surface area contributed by atoms with Crippen LogP contribution < -0.4 is 18.9 Å². The number of hydrogen-bond donors (Lipinski definition) is 0. The van der Waals surface area contributed by atoms with E-state index < -0.39 is 6.10 Å². The molecule has 0 amide bonds. The predicted molar refractivity (Wildman–Crippen MR) is 175 cm³/mol. The first-order chi connectivity index (χ1) is 22.6. The van der Waals surface area contributed by atoms with Crippen LogP contribution in [0, 0.1) is 5.92 Å². The number of likely N-dealkylation sites (tertiary alicyclic amines) is 1. The molecule has 244 valence electrons. The van der Waals surface area contributed by atoms with E-state index in [9.17, 15) is 4.39 Å². The summed E-state index contributed by atoms with van der Waals surface area (Å²) in [6.45, 7) is 6.34. The van der Waals surface area contributed by atoms with Gasteiger partial charge in [0.25, 0.3) is 0 Å². The van der Waals surface area contributed by atoms with Gasteiger partial charge < -0.3 is 28.4 Å². The summed E-state index contributed by atoms with van der Waals surface area (Å²) in [6, 6.07) is 22.5. The lowest BCUT2D eigenvalue weighted by atomic mass is 9.86. The molecule has 0 bridgehead atoms. The topological polar surface area (TPSA) is 58.6 Å². The van der Waals surface area contributed by atoms with Gasteiger partial charge in [-0.25, -0.2) is 0 Å². The van der Waals surface area contributed by atoms with Gasteiger partial charge in [0, 0.05) is 49.5 Å². The third-order valence-electron chi connectivity index (χ3n) is 9.34. The van der Waals surface area contributed by atoms with Gasteiger partial charge in [-0.2, -0.15) is 0 Å². The normalized spacial score (nSPS) is 23.7. The number of rotatable bonds is 11. The molecule has 0 spiro atoms. The first-order valence-corrected chi connectivity index (χ1v) is 16.8. The molecule has 7 rings (SSSR count). The minimum absolute atomic E-state index is 0.180. The van der Waals surface area contributed by atoms with E-state index >= 15 is 0 Å². The summed E-state index contributed by atoms with van der Waals surface area (Å²) in [5.74, 6) is 3.18. The number of hydrogen-bond acceptors (Lipinski definition) is 7. The summed E-state index contributed by atoms with van der Waals surface area (Å²) >= 11 is 0. The van der Waals surface area contributed by atoms with Crippen molar-refractivity contribution >= 4 is 11.1 Å². The minimum Gasteiger partial charge on any atom is -0.492 e. The molecule has 7 nitrogen and oxygen atoms in total. The molecule has 0 N–H and O–H groups in total. The summed E-state index contributed by atoms with van der Waals surface area (Å²) in [4.78, 5) is 2.22. The van der Waals surface area contributed by atoms with Crippen LogP contribution in [0.25, 0.3) is 11.1 Å². The van der Waals surface area contributed by atoms with Crippen LogP contribution in [0.4, 0.5) is 4.39 Å².